The molecule has 0 bridgehead atoms. The molecule has 0 radical (unpaired) electrons. The number of aromatic carboxylic acids is 1. The molecule has 0 heterocycles. The van der Waals surface area contributed by atoms with Crippen molar-refractivity contribution < 1.29 is 29.9 Å². The van der Waals surface area contributed by atoms with E-state index in [1.165, 1.54) is 18.2 Å². The third-order valence-electron chi connectivity index (χ3n) is 4.15. The topological polar surface area (TPSA) is 130 Å². The molecular formula is C19H23BN2O6. The summed E-state index contributed by atoms with van der Waals surface area (Å²) in [6, 6.07) is 11.1. The van der Waals surface area contributed by atoms with Gasteiger partial charge in [-0.3, -0.25) is 4.79 Å². The van der Waals surface area contributed by atoms with Crippen LogP contribution in [0.2, 0.25) is 0 Å². The van der Waals surface area contributed by atoms with Gasteiger partial charge in [0.05, 0.1) is 5.94 Å². The van der Waals surface area contributed by atoms with Crippen LogP contribution in [0.3, 0.4) is 0 Å². The lowest BCUT2D eigenvalue weighted by molar-refractivity contribution is 0.0693. The van der Waals surface area contributed by atoms with Crippen LogP contribution < -0.4 is 5.32 Å². The van der Waals surface area contributed by atoms with Gasteiger partial charge < -0.3 is 30.5 Å². The number of nitrogens with one attached hydrogen (secondary N) is 1. The summed E-state index contributed by atoms with van der Waals surface area (Å²) in [7, 11) is 1.91. The molecule has 1 amide bonds. The zero-order valence-electron chi connectivity index (χ0n) is 15.7. The first-order chi connectivity index (χ1) is 13.2. The Hall–Kier alpha value is -2.88. The molecule has 0 saturated heterocycles. The molecule has 8 nitrogen and oxygen atoms in total. The highest BCUT2D eigenvalue weighted by molar-refractivity contribution is 6.43. The highest BCUT2D eigenvalue weighted by Gasteiger charge is 2.28. The number of rotatable bonds is 8. The largest absolute Gasteiger partial charge is 0.507 e. The molecule has 2 aromatic rings. The third kappa shape index (κ3) is 5.56. The van der Waals surface area contributed by atoms with Crippen LogP contribution in [-0.4, -0.2) is 64.2 Å². The minimum Gasteiger partial charge on any atom is -0.507 e. The van der Waals surface area contributed by atoms with Gasteiger partial charge in [-0.2, -0.15) is 0 Å². The van der Waals surface area contributed by atoms with E-state index in [-0.39, 0.29) is 17.5 Å². The molecule has 0 aliphatic rings. The number of para-hydroxylation sites is 1. The Labute approximate surface area is 163 Å². The van der Waals surface area contributed by atoms with Crippen LogP contribution in [0.5, 0.6) is 5.75 Å². The zero-order valence-corrected chi connectivity index (χ0v) is 15.7. The predicted molar refractivity (Wildman–Crippen MR) is 104 cm³/mol. The second-order valence-corrected chi connectivity index (χ2v) is 6.75. The summed E-state index contributed by atoms with van der Waals surface area (Å²) in [5, 5.41) is 41.0. The summed E-state index contributed by atoms with van der Waals surface area (Å²) >= 11 is 0. The number of benzene rings is 2. The van der Waals surface area contributed by atoms with Crippen LogP contribution >= 0.6 is 0 Å². The predicted octanol–water partition coefficient (Wildman–Crippen LogP) is 0.505. The maximum Gasteiger partial charge on any atom is 0.475 e. The van der Waals surface area contributed by atoms with Crippen LogP contribution in [0, 0.1) is 0 Å². The number of carbonyl (C=O) groups is 2. The molecule has 0 spiro atoms. The number of aromatic hydroxyl groups is 1. The number of phenols is 1. The Balaban J connectivity index is 2.19. The highest BCUT2D eigenvalue weighted by atomic mass is 16.4. The molecule has 1 unspecified atom stereocenters. The van der Waals surface area contributed by atoms with Gasteiger partial charge in [0.15, 0.2) is 0 Å². The third-order valence-corrected chi connectivity index (χ3v) is 4.15. The quantitative estimate of drug-likeness (QED) is 0.418. The van der Waals surface area contributed by atoms with Crippen molar-refractivity contribution >= 4 is 19.0 Å². The van der Waals surface area contributed by atoms with Gasteiger partial charge in [0.1, 0.15) is 11.3 Å². The van der Waals surface area contributed by atoms with E-state index >= 15 is 0 Å². The Kier molecular flexibility index (Phi) is 7.16. The molecule has 2 rings (SSSR count). The van der Waals surface area contributed by atoms with Gasteiger partial charge >= 0.3 is 13.1 Å². The van der Waals surface area contributed by atoms with Crippen LogP contribution in [0.1, 0.15) is 31.8 Å². The van der Waals surface area contributed by atoms with Crippen molar-refractivity contribution in [2.24, 2.45) is 0 Å². The van der Waals surface area contributed by atoms with E-state index in [2.05, 4.69) is 5.32 Å². The van der Waals surface area contributed by atoms with Gasteiger partial charge in [0, 0.05) is 12.1 Å². The van der Waals surface area contributed by atoms with Crippen molar-refractivity contribution in [2.45, 2.75) is 18.9 Å². The van der Waals surface area contributed by atoms with Gasteiger partial charge in [-0.05, 0) is 49.8 Å². The highest BCUT2D eigenvalue weighted by Crippen LogP contribution is 2.24. The lowest BCUT2D eigenvalue weighted by Crippen LogP contribution is -2.48. The van der Waals surface area contributed by atoms with Crippen molar-refractivity contribution in [2.75, 3.05) is 14.1 Å². The number of hydrogen-bond donors (Lipinski definition) is 5. The Morgan fingerprint density at radius 3 is 2.43 bits per heavy atom. The number of hydrogen-bond acceptors (Lipinski definition) is 6. The minimum atomic E-state index is -1.90. The molecule has 5 N–H and O–H groups in total. The van der Waals surface area contributed by atoms with Crippen LogP contribution in [0.15, 0.2) is 42.5 Å². The van der Waals surface area contributed by atoms with Gasteiger partial charge in [-0.1, -0.05) is 24.3 Å². The Bertz CT molecular complexity index is 856. The fourth-order valence-electron chi connectivity index (χ4n) is 2.82. The summed E-state index contributed by atoms with van der Waals surface area (Å²) < 4.78 is 0. The Morgan fingerprint density at radius 2 is 1.82 bits per heavy atom. The van der Waals surface area contributed by atoms with Crippen molar-refractivity contribution in [3.05, 3.63) is 64.7 Å². The van der Waals surface area contributed by atoms with Crippen LogP contribution in [0.25, 0.3) is 0 Å². The fourth-order valence-corrected chi connectivity index (χ4v) is 2.82. The average molecular weight is 386 g/mol. The molecular weight excluding hydrogens is 363 g/mol. The maximum atomic E-state index is 12.5. The van der Waals surface area contributed by atoms with E-state index in [0.717, 1.165) is 5.56 Å². The van der Waals surface area contributed by atoms with Gasteiger partial charge in [-0.25, -0.2) is 4.79 Å². The first kappa shape index (κ1) is 21.4. The van der Waals surface area contributed by atoms with Gasteiger partial charge in [0.25, 0.3) is 5.91 Å². The monoisotopic (exact) mass is 386 g/mol. The molecule has 0 saturated carbocycles. The lowest BCUT2D eigenvalue weighted by Gasteiger charge is -2.19. The van der Waals surface area contributed by atoms with E-state index in [1.54, 1.807) is 18.2 Å². The summed E-state index contributed by atoms with van der Waals surface area (Å²) in [6.07, 6.45) is -0.159. The van der Waals surface area contributed by atoms with Crippen LogP contribution in [-0.2, 0) is 13.0 Å². The van der Waals surface area contributed by atoms with Crippen molar-refractivity contribution in [3.63, 3.8) is 0 Å². The molecule has 9 heteroatoms. The van der Waals surface area contributed by atoms with Gasteiger partial charge in [-0.15, -0.1) is 0 Å². The average Bonchev–Trinajstić information content (AvgIpc) is 2.61. The van der Waals surface area contributed by atoms with E-state index < -0.39 is 30.7 Å². The molecule has 0 aliphatic heterocycles. The smallest absolute Gasteiger partial charge is 0.475 e. The van der Waals surface area contributed by atoms with E-state index in [0.29, 0.717) is 12.1 Å². The molecule has 148 valence electrons. The molecule has 0 aliphatic carbocycles. The second-order valence-electron chi connectivity index (χ2n) is 6.75. The zero-order chi connectivity index (χ0) is 20.8. The summed E-state index contributed by atoms with van der Waals surface area (Å²) in [5.41, 5.74) is 1.16. The number of amides is 1. The first-order valence-corrected chi connectivity index (χ1v) is 8.64. The Morgan fingerprint density at radius 1 is 1.14 bits per heavy atom. The molecule has 1 atom stereocenters. The summed E-state index contributed by atoms with van der Waals surface area (Å²) in [6.45, 7) is 0.642. The van der Waals surface area contributed by atoms with Crippen molar-refractivity contribution in [3.8, 4) is 5.75 Å². The lowest BCUT2D eigenvalue weighted by atomic mass is 9.75. The van der Waals surface area contributed by atoms with E-state index in [1.807, 2.05) is 25.1 Å². The molecule has 2 aromatic carbocycles. The van der Waals surface area contributed by atoms with Gasteiger partial charge in [0.2, 0.25) is 0 Å². The number of carbonyl (C=O) groups excluding carboxylic acids is 1. The number of nitrogens with zero attached hydrogens (tertiary/aromatic N) is 1. The van der Waals surface area contributed by atoms with Crippen molar-refractivity contribution in [1.82, 2.24) is 10.2 Å². The maximum absolute atomic E-state index is 12.5. The minimum absolute atomic E-state index is 0.159. The number of carboxylic acids is 1. The fraction of sp³-hybridized carbons (Fsp3) is 0.263. The van der Waals surface area contributed by atoms with Crippen LogP contribution in [0.4, 0.5) is 0 Å². The number of carboxylic acid groups (broad SMARTS) is 1. The normalized spacial score (nSPS) is 11.9. The molecule has 28 heavy (non-hydrogen) atoms. The molecule has 0 aromatic heterocycles. The van der Waals surface area contributed by atoms with Crippen molar-refractivity contribution in [1.29, 1.82) is 0 Å². The summed E-state index contributed by atoms with van der Waals surface area (Å²) in [5.74, 6) is -3.42. The molecule has 0 fully saturated rings. The van der Waals surface area contributed by atoms with E-state index in [4.69, 9.17) is 5.11 Å². The standard InChI is InChI=1S/C19H23BN2O6/c1-22(2)11-12-5-3-7-14(9-12)18(24)21-16(20(27)28)10-13-6-4-8-15(17(13)23)19(25)26/h3-9,16,23,27-28H,10-11H2,1-2H3,(H,21,24)(H,25,26). The van der Waals surface area contributed by atoms with E-state index in [9.17, 15) is 24.7 Å². The summed E-state index contributed by atoms with van der Waals surface area (Å²) in [4.78, 5) is 25.6. The SMILES string of the molecule is CN(C)Cc1cccc(C(=O)NC(Cc2cccc(C(=O)O)c2O)B(O)O)c1. The second kappa shape index (κ2) is 9.36. The first-order valence-electron chi connectivity index (χ1n) is 8.64.